The summed E-state index contributed by atoms with van der Waals surface area (Å²) in [6.45, 7) is 9.38. The number of thioether (sulfide) groups is 1. The third kappa shape index (κ3) is 8.77. The van der Waals surface area contributed by atoms with Crippen LogP contribution in [-0.4, -0.2) is 121 Å². The predicted molar refractivity (Wildman–Crippen MR) is 172 cm³/mol. The highest BCUT2D eigenvalue weighted by Gasteiger charge is 2.54. The van der Waals surface area contributed by atoms with Crippen LogP contribution in [0.5, 0.6) is 0 Å². The lowest BCUT2D eigenvalue weighted by Gasteiger charge is -2.50. The first kappa shape index (κ1) is 35.9. The fourth-order valence-corrected chi connectivity index (χ4v) is 5.98. The van der Waals surface area contributed by atoms with Gasteiger partial charge in [-0.3, -0.25) is 19.5 Å². The first-order valence-corrected chi connectivity index (χ1v) is 15.6. The minimum Gasteiger partial charge on any atom is -0.478 e. The molecule has 1 unspecified atom stereocenters. The Morgan fingerprint density at radius 3 is 2.59 bits per heavy atom. The molecule has 2 atom stereocenters. The Kier molecular flexibility index (Phi) is 11.8. The number of thiazole rings is 1. The monoisotopic (exact) mass is 683 g/mol. The van der Waals surface area contributed by atoms with Gasteiger partial charge in [-0.05, 0) is 20.8 Å². The standard InChI is InChI=1S/C25H38N12O7S2/c1-11(30-5-6-31-23(27)28)17(26)32-10-36(4)7-12-8-45-20-15(19(39)37(20)16(12)21(40)41)34-18(38)14(13-9-46-24(29)33-13)35-44-25(2,3)22(42)43/h9,15,20-21,40-41H,4-8,10H2,1-3H3,(H11-,26,27,28,29,30,31,32,33,34,35,38,42,43)/p+1/t15-,20?/m1/s1. The number of aliphatic carboxylic acids is 1. The molecule has 46 heavy (non-hydrogen) atoms. The van der Waals surface area contributed by atoms with Gasteiger partial charge in [0.15, 0.2) is 29.6 Å². The molecule has 2 amide bonds. The van der Waals surface area contributed by atoms with Crippen molar-refractivity contribution in [2.75, 3.05) is 37.8 Å². The molecule has 1 aromatic heterocycles. The van der Waals surface area contributed by atoms with Crippen molar-refractivity contribution >= 4 is 64.4 Å². The molecule has 21 heteroatoms. The lowest BCUT2D eigenvalue weighted by Crippen LogP contribution is -2.71. The van der Waals surface area contributed by atoms with Gasteiger partial charge in [0.1, 0.15) is 29.6 Å². The van der Waals surface area contributed by atoms with Crippen LogP contribution in [0.4, 0.5) is 5.13 Å². The second kappa shape index (κ2) is 15.1. The molecular weight excluding hydrogens is 644 g/mol. The summed E-state index contributed by atoms with van der Waals surface area (Å²) in [5.41, 5.74) is 21.4. The number of β-lactam (4-membered cyclic amide) rings is 1. The van der Waals surface area contributed by atoms with E-state index in [1.54, 1.807) is 11.5 Å². The van der Waals surface area contributed by atoms with E-state index < -0.39 is 41.1 Å². The van der Waals surface area contributed by atoms with Crippen LogP contribution in [0.15, 0.2) is 38.3 Å². The number of aliphatic hydroxyl groups is 2. The smallest absolute Gasteiger partial charge is 0.350 e. The van der Waals surface area contributed by atoms with Crippen LogP contribution in [0.3, 0.4) is 0 Å². The molecule has 14 N–H and O–H groups in total. The molecule has 252 valence electrons. The normalized spacial score (nSPS) is 18.7. The van der Waals surface area contributed by atoms with E-state index >= 15 is 0 Å². The number of hydrogen-bond donors (Lipinski definition) is 10. The SMILES string of the molecule is C=[N+](CN/C(N)=C(\C)NCCN=C(N)N)CC1=C(C(O)O)N2C(=O)[C@@H](NC(=O)/C(=N\OC(C)(C)C(=O)O)c3csc(N)n3)C2SC1. The Labute approximate surface area is 272 Å². The zero-order chi connectivity index (χ0) is 34.3. The van der Waals surface area contributed by atoms with E-state index in [9.17, 15) is 29.7 Å². The summed E-state index contributed by atoms with van der Waals surface area (Å²) in [6.07, 6.45) is -1.98. The molecule has 1 aromatic rings. The number of aromatic nitrogens is 1. The molecule has 1 fully saturated rings. The minimum atomic E-state index is -1.98. The van der Waals surface area contributed by atoms with E-state index in [1.807, 2.05) is 0 Å². The molecule has 0 aromatic carbocycles. The van der Waals surface area contributed by atoms with Crippen molar-refractivity contribution in [3.05, 3.63) is 33.9 Å². The zero-order valence-electron chi connectivity index (χ0n) is 25.4. The van der Waals surface area contributed by atoms with Crippen LogP contribution >= 0.6 is 23.1 Å². The largest absolute Gasteiger partial charge is 0.478 e. The van der Waals surface area contributed by atoms with Crippen LogP contribution in [0.2, 0.25) is 0 Å². The number of nitrogens with one attached hydrogen (secondary N) is 3. The first-order valence-electron chi connectivity index (χ1n) is 13.6. The molecule has 2 aliphatic rings. The number of anilines is 1. The first-order chi connectivity index (χ1) is 21.5. The number of carboxylic acid groups (broad SMARTS) is 1. The third-order valence-electron chi connectivity index (χ3n) is 6.59. The lowest BCUT2D eigenvalue weighted by atomic mass is 10.0. The number of aliphatic imine (C=N–C) groups is 1. The molecular formula is C25H39N12O7S2+. The number of oxime groups is 1. The average molecular weight is 684 g/mol. The summed E-state index contributed by atoms with van der Waals surface area (Å²) in [7, 11) is 0. The number of carboxylic acids is 1. The van der Waals surface area contributed by atoms with Gasteiger partial charge in [0.2, 0.25) is 12.3 Å². The number of nitrogens with two attached hydrogens (primary N) is 4. The Balaban J connectivity index is 1.68. The fourth-order valence-electron chi connectivity index (χ4n) is 4.08. The summed E-state index contributed by atoms with van der Waals surface area (Å²) in [4.78, 5) is 52.2. The average Bonchev–Trinajstić information content (AvgIpc) is 3.41. The van der Waals surface area contributed by atoms with E-state index in [1.165, 1.54) is 35.9 Å². The highest BCUT2D eigenvalue weighted by molar-refractivity contribution is 8.00. The Morgan fingerprint density at radius 1 is 1.30 bits per heavy atom. The van der Waals surface area contributed by atoms with Crippen molar-refractivity contribution in [3.8, 4) is 0 Å². The van der Waals surface area contributed by atoms with E-state index in [0.29, 0.717) is 30.2 Å². The molecule has 19 nitrogen and oxygen atoms in total. The van der Waals surface area contributed by atoms with E-state index in [4.69, 9.17) is 27.8 Å². The minimum absolute atomic E-state index is 0.0122. The van der Waals surface area contributed by atoms with Crippen LogP contribution in [-0.2, 0) is 19.2 Å². The number of allylic oxidation sites excluding steroid dienone is 1. The second-order valence-corrected chi connectivity index (χ2v) is 12.6. The Bertz CT molecular complexity index is 1480. The highest BCUT2D eigenvalue weighted by atomic mass is 32.2. The van der Waals surface area contributed by atoms with Gasteiger partial charge in [-0.15, -0.1) is 23.1 Å². The number of rotatable bonds is 16. The quantitative estimate of drug-likeness (QED) is 0.0154. The van der Waals surface area contributed by atoms with Crippen LogP contribution < -0.4 is 38.9 Å². The maximum atomic E-state index is 13.3. The molecule has 3 rings (SSSR count). The summed E-state index contributed by atoms with van der Waals surface area (Å²) >= 11 is 2.32. The molecule has 0 spiro atoms. The van der Waals surface area contributed by atoms with Crippen LogP contribution in [0, 0.1) is 0 Å². The van der Waals surface area contributed by atoms with E-state index in [2.05, 4.69) is 37.8 Å². The number of carbonyl (C=O) groups excluding carboxylic acids is 2. The van der Waals surface area contributed by atoms with Crippen LogP contribution in [0.25, 0.3) is 0 Å². The van der Waals surface area contributed by atoms with E-state index in [0.717, 1.165) is 11.3 Å². The maximum Gasteiger partial charge on any atom is 0.350 e. The number of nitrogen functional groups attached to an aromatic ring is 1. The summed E-state index contributed by atoms with van der Waals surface area (Å²) in [6, 6.07) is -1.06. The van der Waals surface area contributed by atoms with Crippen molar-refractivity contribution in [2.24, 2.45) is 27.3 Å². The van der Waals surface area contributed by atoms with Gasteiger partial charge in [0.05, 0.1) is 12.2 Å². The van der Waals surface area contributed by atoms with Crippen molar-refractivity contribution in [1.29, 1.82) is 0 Å². The van der Waals surface area contributed by atoms with E-state index in [-0.39, 0.29) is 47.2 Å². The molecule has 0 radical (unpaired) electrons. The number of hydrogen-bond acceptors (Lipinski definition) is 15. The molecule has 0 saturated carbocycles. The predicted octanol–water partition coefficient (Wildman–Crippen LogP) is -3.46. The van der Waals surface area contributed by atoms with Gasteiger partial charge in [0, 0.05) is 28.9 Å². The maximum absolute atomic E-state index is 13.3. The van der Waals surface area contributed by atoms with Gasteiger partial charge in [-0.2, -0.15) is 0 Å². The topological polar surface area (TPSA) is 305 Å². The molecule has 0 bridgehead atoms. The van der Waals surface area contributed by atoms with Gasteiger partial charge < -0.3 is 59.0 Å². The summed E-state index contributed by atoms with van der Waals surface area (Å²) in [5, 5.41) is 43.1. The lowest BCUT2D eigenvalue weighted by molar-refractivity contribution is -0.515. The second-order valence-electron chi connectivity index (χ2n) is 10.6. The number of guanidine groups is 1. The Hall–Kier alpha value is -4.60. The summed E-state index contributed by atoms with van der Waals surface area (Å²) < 4.78 is 1.59. The number of aliphatic hydroxyl groups excluding tert-OH is 1. The Morgan fingerprint density at radius 2 is 2.00 bits per heavy atom. The number of amides is 2. The van der Waals surface area contributed by atoms with Crippen LogP contribution in [0.1, 0.15) is 26.5 Å². The van der Waals surface area contributed by atoms with Crippen molar-refractivity contribution in [2.45, 2.75) is 44.1 Å². The summed E-state index contributed by atoms with van der Waals surface area (Å²) in [5.74, 6) is -2.16. The van der Waals surface area contributed by atoms with Gasteiger partial charge in [0.25, 0.3) is 11.8 Å². The fraction of sp³-hybridized carbons (Fsp3) is 0.480. The molecule has 2 aliphatic heterocycles. The molecule has 1 saturated heterocycles. The highest BCUT2D eigenvalue weighted by Crippen LogP contribution is 2.41. The molecule has 0 aliphatic carbocycles. The van der Waals surface area contributed by atoms with Gasteiger partial charge >= 0.3 is 5.97 Å². The zero-order valence-corrected chi connectivity index (χ0v) is 27.0. The molecule has 3 heterocycles. The van der Waals surface area contributed by atoms with Crippen molar-refractivity contribution < 1.29 is 39.1 Å². The van der Waals surface area contributed by atoms with Crippen molar-refractivity contribution in [1.82, 2.24) is 25.8 Å². The number of carbonyl (C=O) groups is 3. The van der Waals surface area contributed by atoms with Crippen molar-refractivity contribution in [3.63, 3.8) is 0 Å². The van der Waals surface area contributed by atoms with Gasteiger partial charge in [-0.1, -0.05) is 5.16 Å². The number of nitrogens with zero attached hydrogens (tertiary/aromatic N) is 5. The third-order valence-corrected chi connectivity index (χ3v) is 8.61. The number of fused-ring (bicyclic) bond motifs is 1. The van der Waals surface area contributed by atoms with Gasteiger partial charge in [-0.25, -0.2) is 14.4 Å².